The number of ether oxygens (including phenoxy) is 2. The molecule has 2 heterocycles. The van der Waals surface area contributed by atoms with Crippen LogP contribution in [0.3, 0.4) is 0 Å². The molecular formula is C32H41N3O6. The van der Waals surface area contributed by atoms with Gasteiger partial charge in [-0.1, -0.05) is 0 Å². The molecule has 0 fully saturated rings. The number of rotatable bonds is 15. The zero-order chi connectivity index (χ0) is 29.6. The molecule has 1 amide bonds. The first-order chi connectivity index (χ1) is 19.8. The molecule has 0 radical (unpaired) electrons. The average molecular weight is 564 g/mol. The van der Waals surface area contributed by atoms with Gasteiger partial charge in [-0.25, -0.2) is 0 Å². The maximum atomic E-state index is 11.0. The van der Waals surface area contributed by atoms with E-state index < -0.39 is 0 Å². The van der Waals surface area contributed by atoms with Gasteiger partial charge < -0.3 is 39.5 Å². The third-order valence-electron chi connectivity index (χ3n) is 6.53. The number of aliphatic hydroxyl groups excluding tert-OH is 1. The number of benzene rings is 2. The van der Waals surface area contributed by atoms with E-state index in [0.29, 0.717) is 32.6 Å². The monoisotopic (exact) mass is 563 g/mol. The summed E-state index contributed by atoms with van der Waals surface area (Å²) in [7, 11) is 0. The van der Waals surface area contributed by atoms with E-state index in [1.807, 2.05) is 48.8 Å². The number of aromatic nitrogens is 2. The molecular weight excluding hydrogens is 522 g/mol. The summed E-state index contributed by atoms with van der Waals surface area (Å²) in [6.07, 6.45) is 8.68. The molecule has 0 saturated heterocycles. The summed E-state index contributed by atoms with van der Waals surface area (Å²) in [6.45, 7) is 5.97. The van der Waals surface area contributed by atoms with Gasteiger partial charge in [-0.3, -0.25) is 4.79 Å². The lowest BCUT2D eigenvalue weighted by Gasteiger charge is -2.07. The van der Waals surface area contributed by atoms with E-state index in [4.69, 9.17) is 14.6 Å². The maximum absolute atomic E-state index is 11.0. The zero-order valence-corrected chi connectivity index (χ0v) is 24.2. The molecule has 0 atom stereocenters. The normalized spacial score (nSPS) is 10.7. The Kier molecular flexibility index (Phi) is 12.4. The lowest BCUT2D eigenvalue weighted by Crippen LogP contribution is -2.25. The number of aromatic amines is 2. The second-order valence-electron chi connectivity index (χ2n) is 10.1. The lowest BCUT2D eigenvalue weighted by molar-refractivity contribution is -0.119. The van der Waals surface area contributed by atoms with Crippen LogP contribution in [0.2, 0.25) is 0 Å². The number of aliphatic hydroxyl groups is 1. The van der Waals surface area contributed by atoms with Gasteiger partial charge in [0.05, 0.1) is 13.2 Å². The Morgan fingerprint density at radius 3 is 1.68 bits per heavy atom. The molecule has 9 nitrogen and oxygen atoms in total. The first-order valence-electron chi connectivity index (χ1n) is 14.1. The third kappa shape index (κ3) is 10.4. The lowest BCUT2D eigenvalue weighted by atomic mass is 10.1. The summed E-state index contributed by atoms with van der Waals surface area (Å²) in [5.74, 6) is 1.94. The maximum Gasteiger partial charge on any atom is 0.216 e. The largest absolute Gasteiger partial charge is 0.492 e. The van der Waals surface area contributed by atoms with Crippen molar-refractivity contribution in [3.05, 3.63) is 59.9 Å². The minimum absolute atomic E-state index is 0.0106. The van der Waals surface area contributed by atoms with Crippen LogP contribution < -0.4 is 14.8 Å². The molecule has 0 bridgehead atoms. The third-order valence-corrected chi connectivity index (χ3v) is 6.53. The number of aryl methyl sites for hydroxylation is 2. The highest BCUT2D eigenvalue weighted by molar-refractivity contribution is 5.85. The zero-order valence-electron chi connectivity index (χ0n) is 24.2. The van der Waals surface area contributed by atoms with Gasteiger partial charge in [0, 0.05) is 54.0 Å². The average Bonchev–Trinajstić information content (AvgIpc) is 3.53. The van der Waals surface area contributed by atoms with Crippen molar-refractivity contribution in [1.82, 2.24) is 15.3 Å². The first-order valence-corrected chi connectivity index (χ1v) is 14.1. The van der Waals surface area contributed by atoms with Gasteiger partial charge in [-0.15, -0.1) is 0 Å². The van der Waals surface area contributed by atoms with Gasteiger partial charge in [0.1, 0.15) is 36.3 Å². The van der Waals surface area contributed by atoms with E-state index >= 15 is 0 Å². The molecule has 4 aromatic rings. The van der Waals surface area contributed by atoms with Gasteiger partial charge in [0.15, 0.2) is 0 Å². The number of nitrogens with one attached hydrogen (secondary N) is 3. The van der Waals surface area contributed by atoms with Crippen LogP contribution in [0, 0.1) is 0 Å². The van der Waals surface area contributed by atoms with Crippen molar-refractivity contribution in [2.45, 2.75) is 59.3 Å². The van der Waals surface area contributed by atoms with Crippen molar-refractivity contribution in [2.24, 2.45) is 0 Å². The molecule has 0 aliphatic heterocycles. The molecule has 0 unspecified atom stereocenters. The minimum Gasteiger partial charge on any atom is -0.492 e. The Balaban J connectivity index is 0.000000228. The number of carbonyl (C=O) groups is 3. The second kappa shape index (κ2) is 16.2. The topological polar surface area (TPSA) is 134 Å². The van der Waals surface area contributed by atoms with Crippen LogP contribution in [0.5, 0.6) is 11.5 Å². The molecule has 0 saturated carbocycles. The SMILES string of the molecule is CC(=O)CCCc1c[nH]c2ccc(OCCNC(C)=O)cc12.CC(=O)CCCc1c[nH]c2ccc(OCCO)cc12. The molecule has 0 aliphatic rings. The fourth-order valence-corrected chi connectivity index (χ4v) is 4.52. The Bertz CT molecular complexity index is 1440. The minimum atomic E-state index is -0.0579. The van der Waals surface area contributed by atoms with Crippen molar-refractivity contribution >= 4 is 39.3 Å². The molecule has 41 heavy (non-hydrogen) atoms. The standard InChI is InChI=1S/C17H22N2O3.C15H19NO3/c1-12(20)4-3-5-14-11-19-17-7-6-15(10-16(14)17)22-9-8-18-13(2)21;1-11(18)3-2-4-12-10-16-15-6-5-13(9-14(12)15)19-8-7-17/h6-7,10-11,19H,3-5,8-9H2,1-2H3,(H,18,21);5-6,9-10,16-17H,2-4,7-8H2,1H3. The molecule has 9 heteroatoms. The summed E-state index contributed by atoms with van der Waals surface area (Å²) < 4.78 is 11.1. The van der Waals surface area contributed by atoms with E-state index in [2.05, 4.69) is 15.3 Å². The van der Waals surface area contributed by atoms with Gasteiger partial charge in [-0.05, 0) is 87.1 Å². The first kappa shape index (κ1) is 31.4. The van der Waals surface area contributed by atoms with Crippen molar-refractivity contribution in [3.8, 4) is 11.5 Å². The number of carbonyl (C=O) groups excluding carboxylic acids is 3. The van der Waals surface area contributed by atoms with E-state index in [-0.39, 0.29) is 24.1 Å². The summed E-state index contributed by atoms with van der Waals surface area (Å²) in [5.41, 5.74) is 4.52. The van der Waals surface area contributed by atoms with Crippen LogP contribution >= 0.6 is 0 Å². The Morgan fingerprint density at radius 2 is 1.24 bits per heavy atom. The van der Waals surface area contributed by atoms with E-state index in [0.717, 1.165) is 59.0 Å². The van der Waals surface area contributed by atoms with Gasteiger partial charge in [-0.2, -0.15) is 0 Å². The van der Waals surface area contributed by atoms with E-state index in [9.17, 15) is 14.4 Å². The number of hydrogen-bond donors (Lipinski definition) is 4. The molecule has 0 spiro atoms. The second-order valence-corrected chi connectivity index (χ2v) is 10.1. The molecule has 0 aliphatic carbocycles. The predicted molar refractivity (Wildman–Crippen MR) is 161 cm³/mol. The summed E-state index contributed by atoms with van der Waals surface area (Å²) in [6, 6.07) is 11.7. The number of fused-ring (bicyclic) bond motifs is 2. The number of hydrogen-bond acceptors (Lipinski definition) is 6. The highest BCUT2D eigenvalue weighted by Gasteiger charge is 2.07. The summed E-state index contributed by atoms with van der Waals surface area (Å²) in [4.78, 5) is 39.2. The van der Waals surface area contributed by atoms with Gasteiger partial charge in [0.2, 0.25) is 5.91 Å². The molecule has 220 valence electrons. The Labute approximate surface area is 240 Å². The van der Waals surface area contributed by atoms with Crippen molar-refractivity contribution in [3.63, 3.8) is 0 Å². The van der Waals surface area contributed by atoms with Crippen molar-refractivity contribution in [1.29, 1.82) is 0 Å². The summed E-state index contributed by atoms with van der Waals surface area (Å²) in [5, 5.41) is 13.7. The van der Waals surface area contributed by atoms with Crippen LogP contribution in [0.4, 0.5) is 0 Å². The predicted octanol–water partition coefficient (Wildman–Crippen LogP) is 5.05. The number of amides is 1. The van der Waals surface area contributed by atoms with Crippen molar-refractivity contribution in [2.75, 3.05) is 26.4 Å². The molecule has 4 N–H and O–H groups in total. The van der Waals surface area contributed by atoms with Crippen LogP contribution in [0.1, 0.15) is 57.6 Å². The Hall–Kier alpha value is -4.11. The summed E-state index contributed by atoms with van der Waals surface area (Å²) >= 11 is 0. The van der Waals surface area contributed by atoms with Gasteiger partial charge >= 0.3 is 0 Å². The number of ketones is 2. The van der Waals surface area contributed by atoms with E-state index in [1.54, 1.807) is 13.8 Å². The van der Waals surface area contributed by atoms with E-state index in [1.165, 1.54) is 18.1 Å². The fourth-order valence-electron chi connectivity index (χ4n) is 4.52. The molecule has 4 rings (SSSR count). The quantitative estimate of drug-likeness (QED) is 0.150. The van der Waals surface area contributed by atoms with Crippen LogP contribution in [-0.4, -0.2) is 58.9 Å². The smallest absolute Gasteiger partial charge is 0.216 e. The number of H-pyrrole nitrogens is 2. The molecule has 2 aromatic heterocycles. The Morgan fingerprint density at radius 1 is 0.756 bits per heavy atom. The van der Waals surface area contributed by atoms with Crippen LogP contribution in [0.25, 0.3) is 21.8 Å². The highest BCUT2D eigenvalue weighted by Crippen LogP contribution is 2.26. The highest BCUT2D eigenvalue weighted by atomic mass is 16.5. The van der Waals surface area contributed by atoms with Crippen LogP contribution in [0.15, 0.2) is 48.8 Å². The van der Waals surface area contributed by atoms with Crippen LogP contribution in [-0.2, 0) is 27.2 Å². The van der Waals surface area contributed by atoms with Crippen molar-refractivity contribution < 1.29 is 29.0 Å². The fraction of sp³-hybridized carbons (Fsp3) is 0.406. The molecule has 2 aromatic carbocycles. The van der Waals surface area contributed by atoms with Gasteiger partial charge in [0.25, 0.3) is 0 Å². The number of Topliss-reactive ketones (excluding diaryl/α,β-unsaturated/α-hetero) is 2.